The Labute approximate surface area is 85.1 Å². The van der Waals surface area contributed by atoms with Gasteiger partial charge in [-0.05, 0) is 24.3 Å². The van der Waals surface area contributed by atoms with Gasteiger partial charge in [0.2, 0.25) is 0 Å². The maximum atomic E-state index is 11.5. The first kappa shape index (κ1) is 9.45. The van der Waals surface area contributed by atoms with Gasteiger partial charge < -0.3 is 0 Å². The smallest absolute Gasteiger partial charge is 0.133 e. The molecule has 74 valence electrons. The van der Waals surface area contributed by atoms with E-state index in [2.05, 4.69) is 24.3 Å². The average molecular weight is 188 g/mol. The van der Waals surface area contributed by atoms with E-state index in [9.17, 15) is 4.79 Å². The standard InChI is InChI=1S/C13H16O/c14-13-9-5-4-8-12(10-13)11-6-2-1-3-7-11/h1-3,6-7,12H,4-5,8-10H2/t12-/m1/s1. The third-order valence-corrected chi connectivity index (χ3v) is 3.00. The van der Waals surface area contributed by atoms with Gasteiger partial charge in [0.15, 0.2) is 0 Å². The van der Waals surface area contributed by atoms with Crippen molar-refractivity contribution in [2.45, 2.75) is 38.0 Å². The Bertz CT molecular complexity index is 302. The summed E-state index contributed by atoms with van der Waals surface area (Å²) in [5, 5.41) is 0. The molecule has 1 aliphatic carbocycles. The molecule has 0 aromatic heterocycles. The Morgan fingerprint density at radius 2 is 1.86 bits per heavy atom. The molecule has 1 atom stereocenters. The van der Waals surface area contributed by atoms with Crippen LogP contribution in [0.2, 0.25) is 0 Å². The number of rotatable bonds is 1. The molecule has 0 aliphatic heterocycles. The Morgan fingerprint density at radius 1 is 1.07 bits per heavy atom. The summed E-state index contributed by atoms with van der Waals surface area (Å²) >= 11 is 0. The van der Waals surface area contributed by atoms with Crippen molar-refractivity contribution in [3.8, 4) is 0 Å². The van der Waals surface area contributed by atoms with Crippen molar-refractivity contribution in [1.82, 2.24) is 0 Å². The van der Waals surface area contributed by atoms with Gasteiger partial charge in [0.25, 0.3) is 0 Å². The van der Waals surface area contributed by atoms with Crippen LogP contribution in [0.3, 0.4) is 0 Å². The van der Waals surface area contributed by atoms with E-state index in [0.717, 1.165) is 19.3 Å². The number of benzene rings is 1. The van der Waals surface area contributed by atoms with Crippen molar-refractivity contribution in [3.05, 3.63) is 35.9 Å². The van der Waals surface area contributed by atoms with Crippen LogP contribution in [0.1, 0.15) is 43.6 Å². The molecule has 0 heterocycles. The highest BCUT2D eigenvalue weighted by atomic mass is 16.1. The SMILES string of the molecule is O=C1CCCC[C@@H](c2ccccc2)C1. The Balaban J connectivity index is 2.13. The van der Waals surface area contributed by atoms with Gasteiger partial charge in [0, 0.05) is 12.8 Å². The van der Waals surface area contributed by atoms with E-state index in [1.54, 1.807) is 0 Å². The molecule has 1 aliphatic rings. The predicted molar refractivity (Wildman–Crippen MR) is 57.3 cm³/mol. The highest BCUT2D eigenvalue weighted by Gasteiger charge is 2.18. The summed E-state index contributed by atoms with van der Waals surface area (Å²) in [7, 11) is 0. The van der Waals surface area contributed by atoms with Crippen molar-refractivity contribution >= 4 is 5.78 Å². The van der Waals surface area contributed by atoms with Gasteiger partial charge >= 0.3 is 0 Å². The lowest BCUT2D eigenvalue weighted by atomic mass is 9.92. The molecule has 0 spiro atoms. The summed E-state index contributed by atoms with van der Waals surface area (Å²) in [4.78, 5) is 11.5. The Hall–Kier alpha value is -1.11. The van der Waals surface area contributed by atoms with Crippen LogP contribution >= 0.6 is 0 Å². The lowest BCUT2D eigenvalue weighted by Gasteiger charge is -2.12. The predicted octanol–water partition coefficient (Wildman–Crippen LogP) is 3.30. The molecule has 1 aromatic rings. The first-order valence-corrected chi connectivity index (χ1v) is 5.43. The molecule has 0 N–H and O–H groups in total. The lowest BCUT2D eigenvalue weighted by Crippen LogP contribution is -2.03. The van der Waals surface area contributed by atoms with E-state index in [1.807, 2.05) is 6.07 Å². The van der Waals surface area contributed by atoms with E-state index >= 15 is 0 Å². The van der Waals surface area contributed by atoms with Gasteiger partial charge in [0.05, 0.1) is 0 Å². The molecule has 0 radical (unpaired) electrons. The van der Waals surface area contributed by atoms with E-state index in [1.165, 1.54) is 18.4 Å². The lowest BCUT2D eigenvalue weighted by molar-refractivity contribution is -0.119. The fraction of sp³-hybridized carbons (Fsp3) is 0.462. The Kier molecular flexibility index (Phi) is 2.97. The monoisotopic (exact) mass is 188 g/mol. The number of hydrogen-bond acceptors (Lipinski definition) is 1. The number of hydrogen-bond donors (Lipinski definition) is 0. The highest BCUT2D eigenvalue weighted by molar-refractivity contribution is 5.79. The van der Waals surface area contributed by atoms with E-state index in [0.29, 0.717) is 11.7 Å². The second-order valence-corrected chi connectivity index (χ2v) is 4.10. The minimum absolute atomic E-state index is 0.441. The molecule has 0 unspecified atom stereocenters. The molecule has 14 heavy (non-hydrogen) atoms. The van der Waals surface area contributed by atoms with Gasteiger partial charge in [-0.3, -0.25) is 4.79 Å². The number of carbonyl (C=O) groups excluding carboxylic acids is 1. The summed E-state index contributed by atoms with van der Waals surface area (Å²) in [5.74, 6) is 0.919. The van der Waals surface area contributed by atoms with Crippen molar-refractivity contribution in [2.24, 2.45) is 0 Å². The fourth-order valence-electron chi connectivity index (χ4n) is 2.20. The van der Waals surface area contributed by atoms with Crippen LogP contribution < -0.4 is 0 Å². The minimum atomic E-state index is 0.441. The van der Waals surface area contributed by atoms with Crippen LogP contribution in [0.4, 0.5) is 0 Å². The zero-order chi connectivity index (χ0) is 9.80. The first-order valence-electron chi connectivity index (χ1n) is 5.43. The second kappa shape index (κ2) is 4.41. The number of carbonyl (C=O) groups is 1. The van der Waals surface area contributed by atoms with Crippen LogP contribution in [0.25, 0.3) is 0 Å². The minimum Gasteiger partial charge on any atom is -0.300 e. The summed E-state index contributed by atoms with van der Waals surface area (Å²) < 4.78 is 0. The topological polar surface area (TPSA) is 17.1 Å². The zero-order valence-electron chi connectivity index (χ0n) is 8.41. The molecule has 1 fully saturated rings. The van der Waals surface area contributed by atoms with Crippen molar-refractivity contribution in [2.75, 3.05) is 0 Å². The summed E-state index contributed by atoms with van der Waals surface area (Å²) in [6.45, 7) is 0. The quantitative estimate of drug-likeness (QED) is 0.618. The average Bonchev–Trinajstić information content (AvgIpc) is 2.44. The Morgan fingerprint density at radius 3 is 2.64 bits per heavy atom. The summed E-state index contributed by atoms with van der Waals surface area (Å²) in [6, 6.07) is 10.4. The van der Waals surface area contributed by atoms with Gasteiger partial charge in [-0.25, -0.2) is 0 Å². The number of ketones is 1. The van der Waals surface area contributed by atoms with Crippen LogP contribution in [0, 0.1) is 0 Å². The third kappa shape index (κ3) is 2.22. The maximum Gasteiger partial charge on any atom is 0.133 e. The van der Waals surface area contributed by atoms with Gasteiger partial charge in [-0.15, -0.1) is 0 Å². The first-order chi connectivity index (χ1) is 6.86. The normalized spacial score (nSPS) is 23.1. The molecule has 1 heteroatoms. The van der Waals surface area contributed by atoms with E-state index in [4.69, 9.17) is 0 Å². The molecule has 1 saturated carbocycles. The molecule has 0 amide bonds. The third-order valence-electron chi connectivity index (χ3n) is 3.00. The van der Waals surface area contributed by atoms with Crippen molar-refractivity contribution in [3.63, 3.8) is 0 Å². The second-order valence-electron chi connectivity index (χ2n) is 4.10. The largest absolute Gasteiger partial charge is 0.300 e. The molecule has 0 saturated heterocycles. The van der Waals surface area contributed by atoms with Crippen molar-refractivity contribution < 1.29 is 4.79 Å². The summed E-state index contributed by atoms with van der Waals surface area (Å²) in [5.41, 5.74) is 1.34. The van der Waals surface area contributed by atoms with Gasteiger partial charge in [0.1, 0.15) is 5.78 Å². The zero-order valence-corrected chi connectivity index (χ0v) is 8.41. The highest BCUT2D eigenvalue weighted by Crippen LogP contribution is 2.29. The molecule has 0 bridgehead atoms. The summed E-state index contributed by atoms with van der Waals surface area (Å²) in [6.07, 6.45) is 5.01. The molecule has 2 rings (SSSR count). The van der Waals surface area contributed by atoms with Gasteiger partial charge in [-0.2, -0.15) is 0 Å². The van der Waals surface area contributed by atoms with Crippen molar-refractivity contribution in [1.29, 1.82) is 0 Å². The molecule has 1 aromatic carbocycles. The molecular weight excluding hydrogens is 172 g/mol. The van der Waals surface area contributed by atoms with Gasteiger partial charge in [-0.1, -0.05) is 36.8 Å². The molecule has 1 nitrogen and oxygen atoms in total. The van der Waals surface area contributed by atoms with E-state index < -0.39 is 0 Å². The van der Waals surface area contributed by atoms with Crippen LogP contribution in [0.5, 0.6) is 0 Å². The van der Waals surface area contributed by atoms with Crippen LogP contribution in [-0.2, 0) is 4.79 Å². The van der Waals surface area contributed by atoms with Crippen LogP contribution in [0.15, 0.2) is 30.3 Å². The molecular formula is C13H16O. The number of Topliss-reactive ketones (excluding diaryl/α,β-unsaturated/α-hetero) is 1. The maximum absolute atomic E-state index is 11.5. The van der Waals surface area contributed by atoms with Crippen LogP contribution in [-0.4, -0.2) is 5.78 Å². The fourth-order valence-corrected chi connectivity index (χ4v) is 2.20. The van der Waals surface area contributed by atoms with E-state index in [-0.39, 0.29) is 0 Å².